The lowest BCUT2D eigenvalue weighted by Crippen LogP contribution is -2.45. The number of aliphatic hydroxyl groups is 1. The lowest BCUT2D eigenvalue weighted by molar-refractivity contribution is 0.156. The maximum atomic E-state index is 12.1. The van der Waals surface area contributed by atoms with Crippen molar-refractivity contribution in [1.82, 2.24) is 10.2 Å². The molecule has 0 spiro atoms. The van der Waals surface area contributed by atoms with Crippen LogP contribution in [0.1, 0.15) is 25.3 Å². The molecule has 122 valence electrons. The number of carbonyl (C=O) groups is 1. The van der Waals surface area contributed by atoms with Crippen molar-refractivity contribution in [2.24, 2.45) is 5.92 Å². The average molecular weight is 306 g/mol. The van der Waals surface area contributed by atoms with E-state index in [9.17, 15) is 9.90 Å². The van der Waals surface area contributed by atoms with Crippen LogP contribution in [-0.2, 0) is 6.42 Å². The van der Waals surface area contributed by atoms with Gasteiger partial charge in [0.1, 0.15) is 5.75 Å². The molecule has 22 heavy (non-hydrogen) atoms. The number of ether oxygens (including phenoxy) is 1. The van der Waals surface area contributed by atoms with Crippen molar-refractivity contribution in [2.45, 2.75) is 32.2 Å². The first-order valence-corrected chi connectivity index (χ1v) is 7.92. The molecule has 2 amide bonds. The van der Waals surface area contributed by atoms with Gasteiger partial charge in [0, 0.05) is 13.1 Å². The average Bonchev–Trinajstić information content (AvgIpc) is 3.02. The molecule has 1 fully saturated rings. The Morgan fingerprint density at radius 2 is 2.18 bits per heavy atom. The highest BCUT2D eigenvalue weighted by atomic mass is 16.5. The number of methoxy groups -OCH3 is 1. The van der Waals surface area contributed by atoms with Gasteiger partial charge in [0.2, 0.25) is 0 Å². The van der Waals surface area contributed by atoms with Crippen molar-refractivity contribution < 1.29 is 14.6 Å². The van der Waals surface area contributed by atoms with Gasteiger partial charge < -0.3 is 20.1 Å². The SMILES string of the molecule is COc1ccc(CC(C)CNC(=O)N2CCC[C@@H]2CO)cc1. The van der Waals surface area contributed by atoms with Crippen molar-refractivity contribution in [1.29, 1.82) is 0 Å². The van der Waals surface area contributed by atoms with E-state index in [1.165, 1.54) is 5.56 Å². The second-order valence-corrected chi connectivity index (χ2v) is 6.02. The molecule has 1 saturated heterocycles. The number of nitrogens with zero attached hydrogens (tertiary/aromatic N) is 1. The fourth-order valence-electron chi connectivity index (χ4n) is 2.89. The van der Waals surface area contributed by atoms with E-state index in [4.69, 9.17) is 4.74 Å². The summed E-state index contributed by atoms with van der Waals surface area (Å²) in [6.45, 7) is 3.55. The van der Waals surface area contributed by atoms with E-state index in [1.54, 1.807) is 12.0 Å². The molecule has 0 saturated carbocycles. The Morgan fingerprint density at radius 3 is 2.82 bits per heavy atom. The van der Waals surface area contributed by atoms with Crippen LogP contribution < -0.4 is 10.1 Å². The zero-order valence-corrected chi connectivity index (χ0v) is 13.4. The molecule has 1 unspecified atom stereocenters. The summed E-state index contributed by atoms with van der Waals surface area (Å²) >= 11 is 0. The van der Waals surface area contributed by atoms with Gasteiger partial charge in [-0.15, -0.1) is 0 Å². The third-order valence-electron chi connectivity index (χ3n) is 4.19. The second-order valence-electron chi connectivity index (χ2n) is 6.02. The Hall–Kier alpha value is -1.75. The van der Waals surface area contributed by atoms with Crippen LogP contribution in [0.4, 0.5) is 4.79 Å². The van der Waals surface area contributed by atoms with Crippen LogP contribution in [0.2, 0.25) is 0 Å². The molecule has 2 rings (SSSR count). The molecule has 0 radical (unpaired) electrons. The highest BCUT2D eigenvalue weighted by molar-refractivity contribution is 5.74. The standard InChI is InChI=1S/C17H26N2O3/c1-13(10-14-5-7-16(22-2)8-6-14)11-18-17(21)19-9-3-4-15(19)12-20/h5-8,13,15,20H,3-4,9-12H2,1-2H3,(H,18,21)/t13?,15-/m1/s1. The van der Waals surface area contributed by atoms with E-state index in [-0.39, 0.29) is 18.7 Å². The van der Waals surface area contributed by atoms with Gasteiger partial charge in [-0.3, -0.25) is 0 Å². The summed E-state index contributed by atoms with van der Waals surface area (Å²) < 4.78 is 5.15. The van der Waals surface area contributed by atoms with Crippen molar-refractivity contribution in [3.63, 3.8) is 0 Å². The topological polar surface area (TPSA) is 61.8 Å². The van der Waals surface area contributed by atoms with Gasteiger partial charge in [0.15, 0.2) is 0 Å². The predicted molar refractivity (Wildman–Crippen MR) is 86.1 cm³/mol. The van der Waals surface area contributed by atoms with Gasteiger partial charge in [-0.05, 0) is 42.9 Å². The first-order valence-electron chi connectivity index (χ1n) is 7.92. The van der Waals surface area contributed by atoms with E-state index in [0.29, 0.717) is 12.5 Å². The van der Waals surface area contributed by atoms with Crippen LogP contribution in [0.25, 0.3) is 0 Å². The fraction of sp³-hybridized carbons (Fsp3) is 0.588. The number of likely N-dealkylation sites (tertiary alicyclic amines) is 1. The summed E-state index contributed by atoms with van der Waals surface area (Å²) in [6, 6.07) is 7.95. The summed E-state index contributed by atoms with van der Waals surface area (Å²) in [5, 5.41) is 12.3. The molecule has 1 aromatic rings. The lowest BCUT2D eigenvalue weighted by Gasteiger charge is -2.24. The quantitative estimate of drug-likeness (QED) is 0.845. The first kappa shape index (κ1) is 16.6. The minimum Gasteiger partial charge on any atom is -0.497 e. The van der Waals surface area contributed by atoms with Gasteiger partial charge >= 0.3 is 6.03 Å². The van der Waals surface area contributed by atoms with Gasteiger partial charge in [-0.2, -0.15) is 0 Å². The maximum absolute atomic E-state index is 12.1. The second kappa shape index (κ2) is 8.03. The van der Waals surface area contributed by atoms with Crippen LogP contribution >= 0.6 is 0 Å². The molecule has 1 aromatic carbocycles. The molecule has 1 aliphatic heterocycles. The smallest absolute Gasteiger partial charge is 0.317 e. The Bertz CT molecular complexity index is 475. The minimum atomic E-state index is -0.0573. The number of carbonyl (C=O) groups excluding carboxylic acids is 1. The third-order valence-corrected chi connectivity index (χ3v) is 4.19. The van der Waals surface area contributed by atoms with Crippen LogP contribution in [-0.4, -0.2) is 48.9 Å². The van der Waals surface area contributed by atoms with E-state index in [2.05, 4.69) is 24.4 Å². The molecular weight excluding hydrogens is 280 g/mol. The van der Waals surface area contributed by atoms with Crippen LogP contribution in [0.3, 0.4) is 0 Å². The number of benzene rings is 1. The summed E-state index contributed by atoms with van der Waals surface area (Å²) in [6.07, 6.45) is 2.78. The molecule has 2 atom stereocenters. The first-order chi connectivity index (χ1) is 10.6. The fourth-order valence-corrected chi connectivity index (χ4v) is 2.89. The summed E-state index contributed by atoms with van der Waals surface area (Å²) in [7, 11) is 1.66. The molecule has 0 bridgehead atoms. The van der Waals surface area contributed by atoms with Gasteiger partial charge in [-0.25, -0.2) is 4.79 Å². The number of aliphatic hydroxyl groups excluding tert-OH is 1. The molecule has 0 aromatic heterocycles. The van der Waals surface area contributed by atoms with Crippen molar-refractivity contribution in [3.8, 4) is 5.75 Å². The van der Waals surface area contributed by atoms with Gasteiger partial charge in [0.25, 0.3) is 0 Å². The Labute approximate surface area is 132 Å². The van der Waals surface area contributed by atoms with Crippen LogP contribution in [0, 0.1) is 5.92 Å². The molecule has 1 heterocycles. The Balaban J connectivity index is 1.77. The predicted octanol–water partition coefficient (Wildman–Crippen LogP) is 2.04. The minimum absolute atomic E-state index is 0.0168. The number of hydrogen-bond donors (Lipinski definition) is 2. The van der Waals surface area contributed by atoms with Crippen molar-refractivity contribution in [3.05, 3.63) is 29.8 Å². The molecule has 5 nitrogen and oxygen atoms in total. The highest BCUT2D eigenvalue weighted by Crippen LogP contribution is 2.17. The number of urea groups is 1. The van der Waals surface area contributed by atoms with Crippen molar-refractivity contribution >= 4 is 6.03 Å². The normalized spacial score (nSPS) is 19.0. The van der Waals surface area contributed by atoms with Crippen LogP contribution in [0.15, 0.2) is 24.3 Å². The summed E-state index contributed by atoms with van der Waals surface area (Å²) in [5.74, 6) is 1.21. The monoisotopic (exact) mass is 306 g/mol. The highest BCUT2D eigenvalue weighted by Gasteiger charge is 2.27. The number of nitrogens with one attached hydrogen (secondary N) is 1. The zero-order chi connectivity index (χ0) is 15.9. The van der Waals surface area contributed by atoms with E-state index in [1.807, 2.05) is 12.1 Å². The lowest BCUT2D eigenvalue weighted by atomic mass is 10.0. The molecule has 1 aliphatic rings. The summed E-state index contributed by atoms with van der Waals surface area (Å²) in [4.78, 5) is 13.9. The Kier molecular flexibility index (Phi) is 6.07. The van der Waals surface area contributed by atoms with Gasteiger partial charge in [0.05, 0.1) is 19.8 Å². The number of amides is 2. The largest absolute Gasteiger partial charge is 0.497 e. The molecule has 5 heteroatoms. The van der Waals surface area contributed by atoms with E-state index >= 15 is 0 Å². The van der Waals surface area contributed by atoms with E-state index < -0.39 is 0 Å². The van der Waals surface area contributed by atoms with Gasteiger partial charge in [-0.1, -0.05) is 19.1 Å². The molecule has 0 aliphatic carbocycles. The molecule has 2 N–H and O–H groups in total. The Morgan fingerprint density at radius 1 is 1.45 bits per heavy atom. The van der Waals surface area contributed by atoms with Crippen LogP contribution in [0.5, 0.6) is 5.75 Å². The number of hydrogen-bond acceptors (Lipinski definition) is 3. The molecular formula is C17H26N2O3. The maximum Gasteiger partial charge on any atom is 0.317 e. The number of rotatable bonds is 6. The third kappa shape index (κ3) is 4.37. The van der Waals surface area contributed by atoms with Crippen molar-refractivity contribution in [2.75, 3.05) is 26.8 Å². The summed E-state index contributed by atoms with van der Waals surface area (Å²) in [5.41, 5.74) is 1.23. The van der Waals surface area contributed by atoms with E-state index in [0.717, 1.165) is 31.6 Å². The zero-order valence-electron chi connectivity index (χ0n) is 13.4.